The zero-order chi connectivity index (χ0) is 36.7. The predicted octanol–water partition coefficient (Wildman–Crippen LogP) is 7.26. The maximum atomic E-state index is 15.9. The quantitative estimate of drug-likeness (QED) is 0.127. The third kappa shape index (κ3) is 9.73. The zero-order valence-corrected chi connectivity index (χ0v) is 29.3. The number of amides is 3. The second-order valence-corrected chi connectivity index (χ2v) is 14.2. The van der Waals surface area contributed by atoms with Crippen molar-refractivity contribution in [2.45, 2.75) is 70.9 Å². The number of carbonyl (C=O) groups is 2. The molecule has 0 radical (unpaired) electrons. The summed E-state index contributed by atoms with van der Waals surface area (Å²) in [4.78, 5) is 37.9. The van der Waals surface area contributed by atoms with Crippen molar-refractivity contribution in [3.05, 3.63) is 88.2 Å². The van der Waals surface area contributed by atoms with Gasteiger partial charge in [0, 0.05) is 68.0 Å². The molecule has 4 atom stereocenters. The first-order valence-corrected chi connectivity index (χ1v) is 17.2. The predicted molar refractivity (Wildman–Crippen MR) is 184 cm³/mol. The van der Waals surface area contributed by atoms with E-state index in [4.69, 9.17) is 20.0 Å². The van der Waals surface area contributed by atoms with Gasteiger partial charge in [-0.3, -0.25) is 0 Å². The molecule has 3 amide bonds. The molecule has 1 aromatic heterocycles. The van der Waals surface area contributed by atoms with Crippen LogP contribution in [0.3, 0.4) is 0 Å². The summed E-state index contributed by atoms with van der Waals surface area (Å²) in [7, 11) is 0. The Balaban J connectivity index is 1.61. The molecule has 3 heterocycles. The molecule has 5 rings (SSSR count). The van der Waals surface area contributed by atoms with Gasteiger partial charge in [-0.2, -0.15) is 0 Å². The van der Waals surface area contributed by atoms with Crippen molar-refractivity contribution < 1.29 is 32.2 Å². The first-order valence-electron chi connectivity index (χ1n) is 17.2. The molecule has 2 fully saturated rings. The minimum atomic E-state index is -1.47. The van der Waals surface area contributed by atoms with Gasteiger partial charge in [0.2, 0.25) is 0 Å². The smallest absolute Gasteiger partial charge is 0.410 e. The second kappa shape index (κ2) is 16.5. The molecule has 15 heteroatoms. The van der Waals surface area contributed by atoms with Crippen LogP contribution in [-0.4, -0.2) is 88.7 Å². The van der Waals surface area contributed by atoms with Crippen LogP contribution in [0.25, 0.3) is 21.7 Å². The van der Waals surface area contributed by atoms with E-state index < -0.39 is 53.5 Å². The van der Waals surface area contributed by atoms with Crippen molar-refractivity contribution in [3.63, 3.8) is 0 Å². The van der Waals surface area contributed by atoms with Gasteiger partial charge in [0.15, 0.2) is 0 Å². The zero-order valence-electron chi connectivity index (χ0n) is 29.3. The Hall–Kier alpha value is -4.75. The fourth-order valence-electron chi connectivity index (χ4n) is 6.59. The number of aromatic nitrogens is 2. The number of ether oxygens (including phenoxy) is 2. The Bertz CT molecular complexity index is 1710. The molecule has 0 saturated carbocycles. The van der Waals surface area contributed by atoms with E-state index >= 15 is 8.78 Å². The highest BCUT2D eigenvalue weighted by atomic mass is 19.1. The Labute approximate surface area is 295 Å². The number of nitrogens with zero attached hydrogens (tertiary/aromatic N) is 7. The number of likely N-dealkylation sites (tertiary alicyclic amines) is 1. The van der Waals surface area contributed by atoms with Crippen LogP contribution in [0.5, 0.6) is 0 Å². The van der Waals surface area contributed by atoms with Gasteiger partial charge in [0.05, 0.1) is 18.3 Å². The summed E-state index contributed by atoms with van der Waals surface area (Å²) in [6.45, 7) is 7.68. The third-order valence-corrected chi connectivity index (χ3v) is 9.01. The number of rotatable bonds is 11. The van der Waals surface area contributed by atoms with Crippen LogP contribution < -0.4 is 5.32 Å². The molecule has 0 bridgehead atoms. The molecule has 2 aliphatic heterocycles. The molecule has 2 aliphatic rings. The van der Waals surface area contributed by atoms with Crippen molar-refractivity contribution in [1.29, 1.82) is 0 Å². The SMILES string of the molecule is C[C@@H](CN=[N+]=[N-])NC(=O)N(CC1CN(C(=O)OC(C)(C)C)CC1F)[C@@H](c1nc(-c2cc(F)ccc2F)cn1Cc1ccccc1)C1CCOCC1. The average molecular weight is 711 g/mol. The maximum absolute atomic E-state index is 15.9. The molecule has 51 heavy (non-hydrogen) atoms. The topological polar surface area (TPSA) is 138 Å². The van der Waals surface area contributed by atoms with Crippen molar-refractivity contribution in [1.82, 2.24) is 24.7 Å². The van der Waals surface area contributed by atoms with Gasteiger partial charge in [0.25, 0.3) is 0 Å². The molecule has 0 aliphatic carbocycles. The van der Waals surface area contributed by atoms with Crippen LogP contribution in [0.1, 0.15) is 58.0 Å². The minimum absolute atomic E-state index is 0.00679. The van der Waals surface area contributed by atoms with Crippen LogP contribution in [-0.2, 0) is 16.0 Å². The number of nitrogens with one attached hydrogen (secondary N) is 1. The third-order valence-electron chi connectivity index (χ3n) is 9.01. The van der Waals surface area contributed by atoms with E-state index in [-0.39, 0.29) is 43.4 Å². The number of hydrogen-bond donors (Lipinski definition) is 1. The van der Waals surface area contributed by atoms with E-state index in [9.17, 15) is 14.0 Å². The summed E-state index contributed by atoms with van der Waals surface area (Å²) < 4.78 is 58.6. The van der Waals surface area contributed by atoms with E-state index in [0.29, 0.717) is 38.4 Å². The standard InChI is InChI=1S/C36H45F3N8O4/c1-23(17-41-44-40)42-34(48)47(20-26-19-46(21-30(26)39)35(49)51-36(2,3)4)32(25-12-14-50-15-13-25)33-43-31(28-16-27(37)10-11-29(28)38)22-45(33)18-24-8-6-5-7-9-24/h5-11,16,22-23,25-26,30,32H,12-15,17-21H2,1-4H3,(H,42,48)/t23-,26?,30?,32+/m0/s1. The second-order valence-electron chi connectivity index (χ2n) is 14.2. The molecule has 1 N–H and O–H groups in total. The Morgan fingerprint density at radius 1 is 1.16 bits per heavy atom. The molecule has 0 spiro atoms. The first kappa shape index (κ1) is 37.5. The summed E-state index contributed by atoms with van der Waals surface area (Å²) in [6, 6.07) is 10.8. The summed E-state index contributed by atoms with van der Waals surface area (Å²) in [6.07, 6.45) is 0.610. The monoisotopic (exact) mass is 710 g/mol. The largest absolute Gasteiger partial charge is 0.444 e. The van der Waals surface area contributed by atoms with E-state index in [1.54, 1.807) is 33.9 Å². The number of imidazole rings is 1. The van der Waals surface area contributed by atoms with Gasteiger partial charge in [0.1, 0.15) is 29.2 Å². The van der Waals surface area contributed by atoms with Gasteiger partial charge in [-0.1, -0.05) is 35.4 Å². The van der Waals surface area contributed by atoms with Gasteiger partial charge < -0.3 is 29.2 Å². The summed E-state index contributed by atoms with van der Waals surface area (Å²) in [5.41, 5.74) is 9.14. The Morgan fingerprint density at radius 2 is 1.88 bits per heavy atom. The lowest BCUT2D eigenvalue weighted by molar-refractivity contribution is 0.0236. The number of azide groups is 1. The summed E-state index contributed by atoms with van der Waals surface area (Å²) >= 11 is 0. The fourth-order valence-corrected chi connectivity index (χ4v) is 6.59. The Morgan fingerprint density at radius 3 is 2.57 bits per heavy atom. The van der Waals surface area contributed by atoms with Gasteiger partial charge >= 0.3 is 12.1 Å². The fraction of sp³-hybridized carbons (Fsp3) is 0.528. The van der Waals surface area contributed by atoms with E-state index in [0.717, 1.165) is 23.8 Å². The number of carbonyl (C=O) groups excluding carboxylic acids is 2. The molecular formula is C36H45F3N8O4. The highest BCUT2D eigenvalue weighted by Crippen LogP contribution is 2.38. The molecule has 12 nitrogen and oxygen atoms in total. The van der Waals surface area contributed by atoms with Crippen LogP contribution in [0.15, 0.2) is 59.8 Å². The number of halogens is 3. The van der Waals surface area contributed by atoms with Crippen molar-refractivity contribution >= 4 is 12.1 Å². The van der Waals surface area contributed by atoms with E-state index in [1.165, 1.54) is 9.80 Å². The van der Waals surface area contributed by atoms with Gasteiger partial charge in [-0.05, 0) is 75.7 Å². The highest BCUT2D eigenvalue weighted by Gasteiger charge is 2.43. The van der Waals surface area contributed by atoms with Crippen LogP contribution in [0.2, 0.25) is 0 Å². The normalized spacial score (nSPS) is 19.2. The summed E-state index contributed by atoms with van der Waals surface area (Å²) in [5.74, 6) is -1.90. The minimum Gasteiger partial charge on any atom is -0.444 e. The van der Waals surface area contributed by atoms with Crippen molar-refractivity contribution in [3.8, 4) is 11.3 Å². The molecule has 274 valence electrons. The summed E-state index contributed by atoms with van der Waals surface area (Å²) in [5, 5.41) is 6.49. The van der Waals surface area contributed by atoms with Gasteiger partial charge in [-0.25, -0.2) is 27.7 Å². The lowest BCUT2D eigenvalue weighted by Crippen LogP contribution is -2.51. The van der Waals surface area contributed by atoms with E-state index in [2.05, 4.69) is 15.3 Å². The van der Waals surface area contributed by atoms with Gasteiger partial charge in [-0.15, -0.1) is 0 Å². The maximum Gasteiger partial charge on any atom is 0.410 e. The number of urea groups is 1. The first-order chi connectivity index (χ1) is 24.3. The Kier molecular flexibility index (Phi) is 12.1. The molecule has 2 saturated heterocycles. The number of hydrogen-bond acceptors (Lipinski definition) is 6. The highest BCUT2D eigenvalue weighted by molar-refractivity contribution is 5.75. The molecule has 3 aromatic rings. The average Bonchev–Trinajstić information content (AvgIpc) is 3.67. The van der Waals surface area contributed by atoms with Crippen LogP contribution in [0.4, 0.5) is 22.8 Å². The van der Waals surface area contributed by atoms with E-state index in [1.807, 2.05) is 34.9 Å². The van der Waals surface area contributed by atoms with Crippen molar-refractivity contribution in [2.75, 3.05) is 39.4 Å². The molecule has 2 aromatic carbocycles. The molecule has 2 unspecified atom stereocenters. The number of alkyl halides is 1. The lowest BCUT2D eigenvalue weighted by Gasteiger charge is -2.40. The van der Waals surface area contributed by atoms with Crippen LogP contribution in [0, 0.1) is 23.5 Å². The van der Waals surface area contributed by atoms with Crippen LogP contribution >= 0.6 is 0 Å². The lowest BCUT2D eigenvalue weighted by atomic mass is 9.89. The molecular weight excluding hydrogens is 665 g/mol. The number of benzene rings is 2. The van der Waals surface area contributed by atoms with Crippen molar-refractivity contribution in [2.24, 2.45) is 17.0 Å².